The molecule has 0 unspecified atom stereocenters. The highest BCUT2D eigenvalue weighted by Crippen LogP contribution is 2.36. The molecule has 0 radical (unpaired) electrons. The second-order valence-corrected chi connectivity index (χ2v) is 6.96. The molecule has 0 aromatic heterocycles. The van der Waals surface area contributed by atoms with E-state index in [0.29, 0.717) is 28.1 Å². The third kappa shape index (κ3) is 4.01. The standard InChI is InChI=1S/C21H22N2O3S/c1-5-23-20(24)19(12-15-10-11-16(25-3)13-18(15)26-4)27-21(23)22-17-9-7-6-8-14(17)2/h6-13H,5H2,1-4H3/b19-12+,22-21?. The van der Waals surface area contributed by atoms with Gasteiger partial charge in [0.2, 0.25) is 0 Å². The van der Waals surface area contributed by atoms with Gasteiger partial charge in [0.1, 0.15) is 11.5 Å². The van der Waals surface area contributed by atoms with E-state index in [1.807, 2.05) is 56.3 Å². The van der Waals surface area contributed by atoms with Crippen LogP contribution in [0.3, 0.4) is 0 Å². The fraction of sp³-hybridized carbons (Fsp3) is 0.238. The first-order chi connectivity index (χ1) is 13.1. The molecule has 27 heavy (non-hydrogen) atoms. The largest absolute Gasteiger partial charge is 0.497 e. The van der Waals surface area contributed by atoms with Gasteiger partial charge < -0.3 is 9.47 Å². The Bertz CT molecular complexity index is 921. The van der Waals surface area contributed by atoms with Crippen LogP contribution in [0.15, 0.2) is 52.4 Å². The van der Waals surface area contributed by atoms with Gasteiger partial charge in [0.25, 0.3) is 5.91 Å². The van der Waals surface area contributed by atoms with Crippen molar-refractivity contribution in [2.75, 3.05) is 20.8 Å². The van der Waals surface area contributed by atoms with Crippen LogP contribution in [0.25, 0.3) is 6.08 Å². The first-order valence-corrected chi connectivity index (χ1v) is 9.46. The number of nitrogens with zero attached hydrogens (tertiary/aromatic N) is 2. The molecule has 0 N–H and O–H groups in total. The van der Waals surface area contributed by atoms with Gasteiger partial charge in [0, 0.05) is 18.2 Å². The molecule has 1 fully saturated rings. The summed E-state index contributed by atoms with van der Waals surface area (Å²) in [6.07, 6.45) is 1.84. The van der Waals surface area contributed by atoms with E-state index in [1.165, 1.54) is 11.8 Å². The number of aliphatic imine (C=N–C) groups is 1. The molecule has 3 rings (SSSR count). The molecule has 0 bridgehead atoms. The fourth-order valence-corrected chi connectivity index (χ4v) is 3.79. The molecule has 5 nitrogen and oxygen atoms in total. The molecular formula is C21H22N2O3S. The number of carbonyl (C=O) groups is 1. The molecule has 140 valence electrons. The highest BCUT2D eigenvalue weighted by Gasteiger charge is 2.32. The lowest BCUT2D eigenvalue weighted by molar-refractivity contribution is -0.122. The number of ether oxygens (including phenoxy) is 2. The molecule has 1 heterocycles. The Morgan fingerprint density at radius 1 is 1.15 bits per heavy atom. The van der Waals surface area contributed by atoms with Gasteiger partial charge in [-0.1, -0.05) is 18.2 Å². The summed E-state index contributed by atoms with van der Waals surface area (Å²) < 4.78 is 10.7. The van der Waals surface area contributed by atoms with E-state index in [-0.39, 0.29) is 5.91 Å². The van der Waals surface area contributed by atoms with Crippen molar-refractivity contribution in [3.8, 4) is 11.5 Å². The van der Waals surface area contributed by atoms with E-state index in [1.54, 1.807) is 25.2 Å². The Hall–Kier alpha value is -2.73. The highest BCUT2D eigenvalue weighted by molar-refractivity contribution is 8.18. The number of thioether (sulfide) groups is 1. The van der Waals surface area contributed by atoms with Crippen LogP contribution in [0, 0.1) is 6.92 Å². The summed E-state index contributed by atoms with van der Waals surface area (Å²) in [5, 5.41) is 0.690. The van der Waals surface area contributed by atoms with Crippen LogP contribution in [-0.2, 0) is 4.79 Å². The number of amidine groups is 1. The highest BCUT2D eigenvalue weighted by atomic mass is 32.2. The number of hydrogen-bond acceptors (Lipinski definition) is 5. The molecule has 0 atom stereocenters. The van der Waals surface area contributed by atoms with Crippen molar-refractivity contribution in [1.82, 2.24) is 4.90 Å². The van der Waals surface area contributed by atoms with E-state index in [2.05, 4.69) is 0 Å². The molecule has 1 amide bonds. The SMILES string of the molecule is CCN1C(=O)/C(=C\c2ccc(OC)cc2OC)SC1=Nc1ccccc1C. The minimum atomic E-state index is -0.0484. The van der Waals surface area contributed by atoms with Crippen LogP contribution in [0.5, 0.6) is 11.5 Å². The zero-order chi connectivity index (χ0) is 19.4. The number of aryl methyl sites for hydroxylation is 1. The molecule has 1 aliphatic rings. The fourth-order valence-electron chi connectivity index (χ4n) is 2.74. The van der Waals surface area contributed by atoms with Gasteiger partial charge in [-0.2, -0.15) is 0 Å². The molecule has 0 spiro atoms. The maximum atomic E-state index is 12.8. The minimum Gasteiger partial charge on any atom is -0.497 e. The second-order valence-electron chi connectivity index (χ2n) is 5.95. The number of amides is 1. The summed E-state index contributed by atoms with van der Waals surface area (Å²) in [6.45, 7) is 4.52. The summed E-state index contributed by atoms with van der Waals surface area (Å²) in [7, 11) is 3.21. The predicted molar refractivity (Wildman–Crippen MR) is 111 cm³/mol. The number of rotatable bonds is 5. The lowest BCUT2D eigenvalue weighted by Gasteiger charge is -2.12. The molecule has 1 aliphatic heterocycles. The van der Waals surface area contributed by atoms with Crippen molar-refractivity contribution >= 4 is 34.6 Å². The maximum absolute atomic E-state index is 12.8. The van der Waals surface area contributed by atoms with Crippen molar-refractivity contribution < 1.29 is 14.3 Å². The molecular weight excluding hydrogens is 360 g/mol. The molecule has 0 aliphatic carbocycles. The smallest absolute Gasteiger partial charge is 0.266 e. The summed E-state index contributed by atoms with van der Waals surface area (Å²) in [6, 6.07) is 13.4. The second kappa shape index (κ2) is 8.31. The number of hydrogen-bond donors (Lipinski definition) is 0. The third-order valence-electron chi connectivity index (χ3n) is 4.26. The first-order valence-electron chi connectivity index (χ1n) is 8.65. The normalized spacial score (nSPS) is 17.0. The van der Waals surface area contributed by atoms with Crippen molar-refractivity contribution in [2.24, 2.45) is 4.99 Å². The minimum absolute atomic E-state index is 0.0484. The van der Waals surface area contributed by atoms with Crippen LogP contribution < -0.4 is 9.47 Å². The monoisotopic (exact) mass is 382 g/mol. The van der Waals surface area contributed by atoms with Gasteiger partial charge in [-0.05, 0) is 55.4 Å². The average molecular weight is 382 g/mol. The quantitative estimate of drug-likeness (QED) is 0.707. The Kier molecular flexibility index (Phi) is 5.86. The summed E-state index contributed by atoms with van der Waals surface area (Å²) >= 11 is 1.38. The van der Waals surface area contributed by atoms with Gasteiger partial charge in [-0.3, -0.25) is 9.69 Å². The van der Waals surface area contributed by atoms with Gasteiger partial charge >= 0.3 is 0 Å². The lowest BCUT2D eigenvalue weighted by Crippen LogP contribution is -2.28. The van der Waals surface area contributed by atoms with Crippen molar-refractivity contribution in [2.45, 2.75) is 13.8 Å². The van der Waals surface area contributed by atoms with E-state index in [0.717, 1.165) is 16.8 Å². The third-order valence-corrected chi connectivity index (χ3v) is 5.27. The average Bonchev–Trinajstić information content (AvgIpc) is 2.98. The Morgan fingerprint density at radius 2 is 1.93 bits per heavy atom. The van der Waals surface area contributed by atoms with Crippen LogP contribution in [0.2, 0.25) is 0 Å². The van der Waals surface area contributed by atoms with Crippen molar-refractivity contribution in [1.29, 1.82) is 0 Å². The molecule has 1 saturated heterocycles. The van der Waals surface area contributed by atoms with Crippen LogP contribution >= 0.6 is 11.8 Å². The van der Waals surface area contributed by atoms with E-state index in [4.69, 9.17) is 14.5 Å². The first kappa shape index (κ1) is 19.0. The molecule has 2 aromatic rings. The summed E-state index contributed by atoms with van der Waals surface area (Å²) in [4.78, 5) is 19.9. The zero-order valence-electron chi connectivity index (χ0n) is 15.9. The lowest BCUT2D eigenvalue weighted by atomic mass is 10.1. The topological polar surface area (TPSA) is 51.1 Å². The maximum Gasteiger partial charge on any atom is 0.266 e. The number of carbonyl (C=O) groups excluding carboxylic acids is 1. The molecule has 2 aromatic carbocycles. The van der Waals surface area contributed by atoms with Crippen LogP contribution in [0.4, 0.5) is 5.69 Å². The van der Waals surface area contributed by atoms with Crippen molar-refractivity contribution in [3.63, 3.8) is 0 Å². The molecule has 0 saturated carbocycles. The van der Waals surface area contributed by atoms with Gasteiger partial charge in [0.05, 0.1) is 24.8 Å². The summed E-state index contributed by atoms with van der Waals surface area (Å²) in [5.41, 5.74) is 2.76. The Labute approximate surface area is 163 Å². The number of benzene rings is 2. The zero-order valence-corrected chi connectivity index (χ0v) is 16.7. The van der Waals surface area contributed by atoms with Crippen molar-refractivity contribution in [3.05, 3.63) is 58.5 Å². The predicted octanol–water partition coefficient (Wildman–Crippen LogP) is 4.64. The van der Waals surface area contributed by atoms with Gasteiger partial charge in [-0.25, -0.2) is 4.99 Å². The van der Waals surface area contributed by atoms with E-state index >= 15 is 0 Å². The van der Waals surface area contributed by atoms with E-state index < -0.39 is 0 Å². The Morgan fingerprint density at radius 3 is 2.59 bits per heavy atom. The van der Waals surface area contributed by atoms with Crippen LogP contribution in [-0.4, -0.2) is 36.7 Å². The molecule has 6 heteroatoms. The van der Waals surface area contributed by atoms with Gasteiger partial charge in [0.15, 0.2) is 5.17 Å². The number of likely N-dealkylation sites (N-methyl/N-ethyl adjacent to an activating group) is 1. The van der Waals surface area contributed by atoms with E-state index in [9.17, 15) is 4.79 Å². The number of para-hydroxylation sites is 1. The Balaban J connectivity index is 1.98. The van der Waals surface area contributed by atoms with Crippen LogP contribution in [0.1, 0.15) is 18.1 Å². The summed E-state index contributed by atoms with van der Waals surface area (Å²) in [5.74, 6) is 1.31. The van der Waals surface area contributed by atoms with Gasteiger partial charge in [-0.15, -0.1) is 0 Å². The number of methoxy groups -OCH3 is 2.